The average molecular weight is 241 g/mol. The fourth-order valence-electron chi connectivity index (χ4n) is 2.96. The van der Waals surface area contributed by atoms with Crippen LogP contribution < -0.4 is 5.32 Å². The first kappa shape index (κ1) is 13.3. The molecular formula is C14H27NO2. The lowest BCUT2D eigenvalue weighted by molar-refractivity contribution is -0.149. The van der Waals surface area contributed by atoms with Crippen LogP contribution in [0.2, 0.25) is 0 Å². The Morgan fingerprint density at radius 2 is 1.94 bits per heavy atom. The molecule has 1 unspecified atom stereocenters. The Balaban J connectivity index is 1.86. The predicted molar refractivity (Wildman–Crippen MR) is 69.3 cm³/mol. The van der Waals surface area contributed by atoms with Gasteiger partial charge in [-0.15, -0.1) is 0 Å². The van der Waals surface area contributed by atoms with E-state index < -0.39 is 0 Å². The van der Waals surface area contributed by atoms with Crippen LogP contribution in [-0.2, 0) is 9.47 Å². The molecule has 0 aromatic rings. The fraction of sp³-hybridized carbons (Fsp3) is 1.00. The van der Waals surface area contributed by atoms with Crippen LogP contribution in [0.25, 0.3) is 0 Å². The monoisotopic (exact) mass is 241 g/mol. The van der Waals surface area contributed by atoms with E-state index in [1.165, 1.54) is 38.5 Å². The van der Waals surface area contributed by atoms with Gasteiger partial charge < -0.3 is 14.8 Å². The zero-order chi connectivity index (χ0) is 12.1. The second-order valence-electron chi connectivity index (χ2n) is 5.85. The van der Waals surface area contributed by atoms with Crippen LogP contribution >= 0.6 is 0 Å². The fourth-order valence-corrected chi connectivity index (χ4v) is 2.96. The molecule has 100 valence electrons. The van der Waals surface area contributed by atoms with E-state index in [1.54, 1.807) is 0 Å². The van der Waals surface area contributed by atoms with E-state index in [0.717, 1.165) is 19.7 Å². The molecular weight excluding hydrogens is 214 g/mol. The molecule has 1 spiro atoms. The summed E-state index contributed by atoms with van der Waals surface area (Å²) in [7, 11) is 0. The summed E-state index contributed by atoms with van der Waals surface area (Å²) < 4.78 is 12.0. The van der Waals surface area contributed by atoms with Gasteiger partial charge in [-0.05, 0) is 26.7 Å². The number of hydrogen-bond donors (Lipinski definition) is 1. The molecule has 2 fully saturated rings. The highest BCUT2D eigenvalue weighted by Gasteiger charge is 2.37. The summed E-state index contributed by atoms with van der Waals surface area (Å²) in [5, 5.41) is 3.54. The van der Waals surface area contributed by atoms with Crippen LogP contribution in [0.4, 0.5) is 0 Å². The third-order valence-electron chi connectivity index (χ3n) is 3.87. The Hall–Kier alpha value is -0.120. The highest BCUT2D eigenvalue weighted by molar-refractivity contribution is 4.90. The highest BCUT2D eigenvalue weighted by Crippen LogP contribution is 2.32. The van der Waals surface area contributed by atoms with Crippen molar-refractivity contribution in [2.75, 3.05) is 19.7 Å². The average Bonchev–Trinajstić information content (AvgIpc) is 2.53. The molecule has 1 aliphatic carbocycles. The van der Waals surface area contributed by atoms with Gasteiger partial charge in [0.25, 0.3) is 0 Å². The van der Waals surface area contributed by atoms with Crippen molar-refractivity contribution >= 4 is 0 Å². The van der Waals surface area contributed by atoms with Gasteiger partial charge in [0.1, 0.15) is 0 Å². The van der Waals surface area contributed by atoms with Crippen LogP contribution in [0, 0.1) is 0 Å². The summed E-state index contributed by atoms with van der Waals surface area (Å²) in [6, 6.07) is 0. The SMILES string of the molecule is CC(C)OCC1CNCC2(CCCCCC2)O1. The summed E-state index contributed by atoms with van der Waals surface area (Å²) in [6.45, 7) is 6.86. The van der Waals surface area contributed by atoms with Crippen LogP contribution in [0.5, 0.6) is 0 Å². The van der Waals surface area contributed by atoms with E-state index in [9.17, 15) is 0 Å². The largest absolute Gasteiger partial charge is 0.376 e. The van der Waals surface area contributed by atoms with E-state index in [2.05, 4.69) is 19.2 Å². The van der Waals surface area contributed by atoms with Gasteiger partial charge in [0.05, 0.1) is 24.4 Å². The van der Waals surface area contributed by atoms with Crippen molar-refractivity contribution in [2.45, 2.75) is 70.2 Å². The second kappa shape index (κ2) is 6.17. The molecule has 2 aliphatic rings. The first-order valence-corrected chi connectivity index (χ1v) is 7.20. The van der Waals surface area contributed by atoms with Gasteiger partial charge in [0.15, 0.2) is 0 Å². The molecule has 1 saturated carbocycles. The summed E-state index contributed by atoms with van der Waals surface area (Å²) in [6.07, 6.45) is 8.36. The molecule has 0 aromatic carbocycles. The topological polar surface area (TPSA) is 30.5 Å². The van der Waals surface area contributed by atoms with Crippen molar-refractivity contribution < 1.29 is 9.47 Å². The number of morpholine rings is 1. The van der Waals surface area contributed by atoms with E-state index in [-0.39, 0.29) is 11.7 Å². The van der Waals surface area contributed by atoms with Gasteiger partial charge in [-0.3, -0.25) is 0 Å². The van der Waals surface area contributed by atoms with Crippen molar-refractivity contribution in [1.82, 2.24) is 5.32 Å². The molecule has 0 bridgehead atoms. The number of nitrogens with one attached hydrogen (secondary N) is 1. The summed E-state index contributed by atoms with van der Waals surface area (Å²) >= 11 is 0. The number of rotatable bonds is 3. The van der Waals surface area contributed by atoms with E-state index in [4.69, 9.17) is 9.47 Å². The minimum atomic E-state index is 0.111. The summed E-state index contributed by atoms with van der Waals surface area (Å²) in [4.78, 5) is 0. The molecule has 1 saturated heterocycles. The van der Waals surface area contributed by atoms with Gasteiger partial charge in [0, 0.05) is 13.1 Å². The highest BCUT2D eigenvalue weighted by atomic mass is 16.6. The van der Waals surface area contributed by atoms with E-state index in [0.29, 0.717) is 6.10 Å². The Bertz CT molecular complexity index is 222. The van der Waals surface area contributed by atoms with Crippen molar-refractivity contribution in [2.24, 2.45) is 0 Å². The van der Waals surface area contributed by atoms with Crippen molar-refractivity contribution in [3.8, 4) is 0 Å². The maximum absolute atomic E-state index is 6.36. The molecule has 1 aliphatic heterocycles. The van der Waals surface area contributed by atoms with Crippen LogP contribution in [0.3, 0.4) is 0 Å². The molecule has 1 N–H and O–H groups in total. The quantitative estimate of drug-likeness (QED) is 0.823. The molecule has 3 nitrogen and oxygen atoms in total. The van der Waals surface area contributed by atoms with E-state index >= 15 is 0 Å². The molecule has 2 rings (SSSR count). The minimum Gasteiger partial charge on any atom is -0.376 e. The first-order valence-electron chi connectivity index (χ1n) is 7.20. The predicted octanol–water partition coefficient (Wildman–Crippen LogP) is 2.49. The molecule has 1 heterocycles. The molecule has 17 heavy (non-hydrogen) atoms. The van der Waals surface area contributed by atoms with Crippen molar-refractivity contribution in [3.05, 3.63) is 0 Å². The minimum absolute atomic E-state index is 0.111. The molecule has 3 heteroatoms. The van der Waals surface area contributed by atoms with Gasteiger partial charge in [-0.1, -0.05) is 25.7 Å². The van der Waals surface area contributed by atoms with Gasteiger partial charge in [-0.25, -0.2) is 0 Å². The number of hydrogen-bond acceptors (Lipinski definition) is 3. The Kier molecular flexibility index (Phi) is 4.83. The lowest BCUT2D eigenvalue weighted by Gasteiger charge is -2.41. The summed E-state index contributed by atoms with van der Waals surface area (Å²) in [5.74, 6) is 0. The van der Waals surface area contributed by atoms with Crippen molar-refractivity contribution in [3.63, 3.8) is 0 Å². The smallest absolute Gasteiger partial charge is 0.0940 e. The van der Waals surface area contributed by atoms with E-state index in [1.807, 2.05) is 0 Å². The third-order valence-corrected chi connectivity index (χ3v) is 3.87. The molecule has 1 atom stereocenters. The lowest BCUT2D eigenvalue weighted by atomic mass is 9.92. The zero-order valence-corrected chi connectivity index (χ0v) is 11.3. The zero-order valence-electron chi connectivity index (χ0n) is 11.3. The van der Waals surface area contributed by atoms with Crippen LogP contribution in [-0.4, -0.2) is 37.5 Å². The Labute approximate surface area is 105 Å². The maximum atomic E-state index is 6.36. The van der Waals surface area contributed by atoms with Crippen molar-refractivity contribution in [1.29, 1.82) is 0 Å². The molecule has 0 aromatic heterocycles. The first-order chi connectivity index (χ1) is 8.20. The standard InChI is InChI=1S/C14H27NO2/c1-12(2)16-10-13-9-15-11-14(17-13)7-5-3-4-6-8-14/h12-13,15H,3-11H2,1-2H3. The van der Waals surface area contributed by atoms with Gasteiger partial charge >= 0.3 is 0 Å². The lowest BCUT2D eigenvalue weighted by Crippen LogP contribution is -2.55. The third kappa shape index (κ3) is 3.94. The normalized spacial score (nSPS) is 29.5. The second-order valence-corrected chi connectivity index (χ2v) is 5.85. The maximum Gasteiger partial charge on any atom is 0.0940 e. The Morgan fingerprint density at radius 3 is 2.59 bits per heavy atom. The number of ether oxygens (including phenoxy) is 2. The Morgan fingerprint density at radius 1 is 1.24 bits per heavy atom. The molecule has 0 radical (unpaired) electrons. The van der Waals surface area contributed by atoms with Gasteiger partial charge in [0.2, 0.25) is 0 Å². The van der Waals surface area contributed by atoms with Crippen LogP contribution in [0.1, 0.15) is 52.4 Å². The summed E-state index contributed by atoms with van der Waals surface area (Å²) in [5.41, 5.74) is 0.111. The van der Waals surface area contributed by atoms with Crippen LogP contribution in [0.15, 0.2) is 0 Å². The molecule has 0 amide bonds. The van der Waals surface area contributed by atoms with Gasteiger partial charge in [-0.2, -0.15) is 0 Å².